The van der Waals surface area contributed by atoms with Crippen molar-refractivity contribution in [3.8, 4) is 0 Å². The molecular weight excluding hydrogens is 284 g/mol. The molecule has 116 valence electrons. The van der Waals surface area contributed by atoms with Crippen molar-refractivity contribution in [2.24, 2.45) is 5.92 Å². The van der Waals surface area contributed by atoms with Crippen LogP contribution in [0.5, 0.6) is 0 Å². The van der Waals surface area contributed by atoms with Gasteiger partial charge in [-0.1, -0.05) is 19.3 Å². The van der Waals surface area contributed by atoms with Crippen LogP contribution < -0.4 is 5.32 Å². The molecule has 1 aromatic rings. The quantitative estimate of drug-likeness (QED) is 0.878. The highest BCUT2D eigenvalue weighted by molar-refractivity contribution is 7.11. The van der Waals surface area contributed by atoms with E-state index in [1.165, 1.54) is 30.6 Å². The summed E-state index contributed by atoms with van der Waals surface area (Å²) in [4.78, 5) is 17.4. The standard InChI is InChI=1S/C16H24N2O2S/c1-16(20,12-5-3-2-4-6-12)9-17-15(19)14-13(11-7-8-11)18-10-21-14/h10-12,20H,2-9H2,1H3,(H,17,19). The molecule has 0 aliphatic heterocycles. The average Bonchev–Trinajstić information content (AvgIpc) is 3.23. The second kappa shape index (κ2) is 6.05. The molecule has 1 amide bonds. The maximum Gasteiger partial charge on any atom is 0.263 e. The Morgan fingerprint density at radius 3 is 2.76 bits per heavy atom. The molecule has 0 spiro atoms. The van der Waals surface area contributed by atoms with Gasteiger partial charge in [0.05, 0.1) is 16.8 Å². The molecule has 2 fully saturated rings. The smallest absolute Gasteiger partial charge is 0.263 e. The molecule has 2 N–H and O–H groups in total. The van der Waals surface area contributed by atoms with E-state index in [-0.39, 0.29) is 5.91 Å². The van der Waals surface area contributed by atoms with Gasteiger partial charge in [0, 0.05) is 12.5 Å². The van der Waals surface area contributed by atoms with Crippen molar-refractivity contribution in [3.05, 3.63) is 16.1 Å². The molecule has 0 saturated heterocycles. The molecule has 1 heterocycles. The molecule has 0 aromatic carbocycles. The molecule has 0 radical (unpaired) electrons. The number of thiazole rings is 1. The Hall–Kier alpha value is -0.940. The predicted octanol–water partition coefficient (Wildman–Crippen LogP) is 3.08. The van der Waals surface area contributed by atoms with Gasteiger partial charge < -0.3 is 10.4 Å². The normalized spacial score (nSPS) is 22.8. The Bertz CT molecular complexity index is 502. The minimum atomic E-state index is -0.805. The summed E-state index contributed by atoms with van der Waals surface area (Å²) in [5.41, 5.74) is 1.90. The fourth-order valence-corrected chi connectivity index (χ4v) is 4.07. The van der Waals surface area contributed by atoms with Gasteiger partial charge in [-0.15, -0.1) is 11.3 Å². The zero-order valence-electron chi connectivity index (χ0n) is 12.6. The van der Waals surface area contributed by atoms with Gasteiger partial charge in [0.2, 0.25) is 0 Å². The number of aliphatic hydroxyl groups is 1. The Balaban J connectivity index is 1.58. The number of rotatable bonds is 5. The van der Waals surface area contributed by atoms with Crippen molar-refractivity contribution in [2.75, 3.05) is 6.54 Å². The van der Waals surface area contributed by atoms with Crippen LogP contribution in [0.2, 0.25) is 0 Å². The number of hydrogen-bond acceptors (Lipinski definition) is 4. The van der Waals surface area contributed by atoms with Crippen molar-refractivity contribution in [1.82, 2.24) is 10.3 Å². The van der Waals surface area contributed by atoms with Crippen LogP contribution in [-0.4, -0.2) is 28.1 Å². The third kappa shape index (κ3) is 3.46. The van der Waals surface area contributed by atoms with Gasteiger partial charge >= 0.3 is 0 Å². The van der Waals surface area contributed by atoms with E-state index in [9.17, 15) is 9.90 Å². The first-order valence-electron chi connectivity index (χ1n) is 8.02. The number of carbonyl (C=O) groups excluding carboxylic acids is 1. The fourth-order valence-electron chi connectivity index (χ4n) is 3.28. The lowest BCUT2D eigenvalue weighted by atomic mass is 9.78. The zero-order chi connectivity index (χ0) is 14.9. The van der Waals surface area contributed by atoms with E-state index < -0.39 is 5.60 Å². The van der Waals surface area contributed by atoms with E-state index in [0.29, 0.717) is 18.4 Å². The van der Waals surface area contributed by atoms with Crippen molar-refractivity contribution < 1.29 is 9.90 Å². The summed E-state index contributed by atoms with van der Waals surface area (Å²) in [6.07, 6.45) is 8.07. The Labute approximate surface area is 130 Å². The molecule has 2 saturated carbocycles. The van der Waals surface area contributed by atoms with Gasteiger partial charge in [0.25, 0.3) is 5.91 Å². The van der Waals surface area contributed by atoms with Gasteiger partial charge in [0.15, 0.2) is 0 Å². The topological polar surface area (TPSA) is 62.2 Å². The molecule has 3 rings (SSSR count). The van der Waals surface area contributed by atoms with E-state index >= 15 is 0 Å². The predicted molar refractivity (Wildman–Crippen MR) is 83.6 cm³/mol. The first kappa shape index (κ1) is 15.0. The average molecular weight is 308 g/mol. The Kier molecular flexibility index (Phi) is 4.31. The van der Waals surface area contributed by atoms with Crippen LogP contribution in [0.3, 0.4) is 0 Å². The van der Waals surface area contributed by atoms with Crippen molar-refractivity contribution in [3.63, 3.8) is 0 Å². The highest BCUT2D eigenvalue weighted by Crippen LogP contribution is 2.41. The molecule has 5 heteroatoms. The molecular formula is C16H24N2O2S. The van der Waals surface area contributed by atoms with Crippen LogP contribution in [0.1, 0.15) is 73.2 Å². The van der Waals surface area contributed by atoms with Gasteiger partial charge in [-0.05, 0) is 38.5 Å². The summed E-state index contributed by atoms with van der Waals surface area (Å²) in [6, 6.07) is 0. The number of carbonyl (C=O) groups is 1. The summed E-state index contributed by atoms with van der Waals surface area (Å²) < 4.78 is 0. The van der Waals surface area contributed by atoms with E-state index in [4.69, 9.17) is 0 Å². The first-order chi connectivity index (χ1) is 10.1. The monoisotopic (exact) mass is 308 g/mol. The van der Waals surface area contributed by atoms with Crippen LogP contribution in [0.25, 0.3) is 0 Å². The fraction of sp³-hybridized carbons (Fsp3) is 0.750. The molecule has 1 aromatic heterocycles. The molecule has 1 unspecified atom stereocenters. The maximum atomic E-state index is 12.3. The van der Waals surface area contributed by atoms with Gasteiger partial charge in [-0.2, -0.15) is 0 Å². The molecule has 2 aliphatic carbocycles. The lowest BCUT2D eigenvalue weighted by Gasteiger charge is -2.35. The van der Waals surface area contributed by atoms with E-state index in [0.717, 1.165) is 36.3 Å². The molecule has 21 heavy (non-hydrogen) atoms. The first-order valence-corrected chi connectivity index (χ1v) is 8.90. The van der Waals surface area contributed by atoms with E-state index in [1.54, 1.807) is 5.51 Å². The minimum Gasteiger partial charge on any atom is -0.388 e. The third-order valence-corrected chi connectivity index (χ3v) is 5.70. The lowest BCUT2D eigenvalue weighted by molar-refractivity contribution is -0.0143. The number of hydrogen-bond donors (Lipinski definition) is 2. The Morgan fingerprint density at radius 2 is 2.10 bits per heavy atom. The molecule has 1 atom stereocenters. The van der Waals surface area contributed by atoms with Crippen LogP contribution >= 0.6 is 11.3 Å². The number of aromatic nitrogens is 1. The second-order valence-electron chi connectivity index (χ2n) is 6.72. The number of nitrogens with zero attached hydrogens (tertiary/aromatic N) is 1. The number of nitrogens with one attached hydrogen (secondary N) is 1. The van der Waals surface area contributed by atoms with Crippen molar-refractivity contribution in [1.29, 1.82) is 0 Å². The lowest BCUT2D eigenvalue weighted by Crippen LogP contribution is -2.46. The summed E-state index contributed by atoms with van der Waals surface area (Å²) in [6.45, 7) is 2.19. The minimum absolute atomic E-state index is 0.0736. The molecule has 2 aliphatic rings. The van der Waals surface area contributed by atoms with Crippen LogP contribution in [0.4, 0.5) is 0 Å². The second-order valence-corrected chi connectivity index (χ2v) is 7.57. The maximum absolute atomic E-state index is 12.3. The van der Waals surface area contributed by atoms with Gasteiger partial charge in [0.1, 0.15) is 4.88 Å². The molecule has 4 nitrogen and oxygen atoms in total. The SMILES string of the molecule is CC(O)(CNC(=O)c1scnc1C1CC1)C1CCCCC1. The molecule has 0 bridgehead atoms. The summed E-state index contributed by atoms with van der Waals surface area (Å²) in [5, 5.41) is 13.6. The third-order valence-electron chi connectivity index (χ3n) is 4.86. The summed E-state index contributed by atoms with van der Waals surface area (Å²) in [7, 11) is 0. The number of amides is 1. The summed E-state index contributed by atoms with van der Waals surface area (Å²) >= 11 is 1.41. The Morgan fingerprint density at radius 1 is 1.38 bits per heavy atom. The van der Waals surface area contributed by atoms with E-state index in [2.05, 4.69) is 10.3 Å². The van der Waals surface area contributed by atoms with Gasteiger partial charge in [-0.3, -0.25) is 4.79 Å². The largest absolute Gasteiger partial charge is 0.388 e. The van der Waals surface area contributed by atoms with Crippen LogP contribution in [-0.2, 0) is 0 Å². The van der Waals surface area contributed by atoms with E-state index in [1.807, 2.05) is 6.92 Å². The van der Waals surface area contributed by atoms with Crippen molar-refractivity contribution >= 4 is 17.2 Å². The van der Waals surface area contributed by atoms with Crippen LogP contribution in [0, 0.1) is 5.92 Å². The zero-order valence-corrected chi connectivity index (χ0v) is 13.4. The highest BCUT2D eigenvalue weighted by atomic mass is 32.1. The summed E-state index contributed by atoms with van der Waals surface area (Å²) in [5.74, 6) is 0.710. The van der Waals surface area contributed by atoms with Crippen molar-refractivity contribution in [2.45, 2.75) is 63.4 Å². The van der Waals surface area contributed by atoms with Gasteiger partial charge in [-0.25, -0.2) is 4.98 Å². The highest BCUT2D eigenvalue weighted by Gasteiger charge is 2.34. The van der Waals surface area contributed by atoms with Crippen LogP contribution in [0.15, 0.2) is 5.51 Å².